The number of ether oxygens (including phenoxy) is 1. The fourth-order valence-corrected chi connectivity index (χ4v) is 4.70. The Morgan fingerprint density at radius 2 is 1.82 bits per heavy atom. The number of esters is 1. The zero-order chi connectivity index (χ0) is 20.1. The lowest BCUT2D eigenvalue weighted by Crippen LogP contribution is -2.37. The van der Waals surface area contributed by atoms with E-state index in [0.29, 0.717) is 5.75 Å². The normalized spacial score (nSPS) is 25.5. The summed E-state index contributed by atoms with van der Waals surface area (Å²) in [6, 6.07) is 5.43. The van der Waals surface area contributed by atoms with E-state index in [4.69, 9.17) is 4.74 Å². The van der Waals surface area contributed by atoms with E-state index in [0.717, 1.165) is 47.4 Å². The number of allylic oxidation sites excluding steroid dienone is 1. The van der Waals surface area contributed by atoms with Gasteiger partial charge in [-0.2, -0.15) is 0 Å². The molecule has 2 aliphatic heterocycles. The molecule has 0 spiro atoms. The topological polar surface area (TPSA) is 75.7 Å². The van der Waals surface area contributed by atoms with Crippen molar-refractivity contribution in [1.82, 2.24) is 4.90 Å². The Morgan fingerprint density at radius 1 is 1.18 bits per heavy atom. The maximum absolute atomic E-state index is 12.5. The summed E-state index contributed by atoms with van der Waals surface area (Å²) in [5.74, 6) is -1.12. The molecule has 1 N–H and O–H groups in total. The van der Waals surface area contributed by atoms with E-state index in [2.05, 4.69) is 25.2 Å². The monoisotopic (exact) mass is 382 g/mol. The van der Waals surface area contributed by atoms with Crippen molar-refractivity contribution in [1.29, 1.82) is 0 Å². The van der Waals surface area contributed by atoms with Gasteiger partial charge in [0.25, 0.3) is 0 Å². The standard InChI is InChI=1S/C22H26N2O4/c1-13-11-22(2,3)23-18-9-8-14(10-17(13)18)28-19(25)12-24-20(26)15-6-4-5-7-16(15)21(24)27/h8-11,15-16,23H,4-7,12H2,1-3H3/t15-,16-/m0/s1. The lowest BCUT2D eigenvalue weighted by Gasteiger charge is -2.31. The zero-order valence-electron chi connectivity index (χ0n) is 16.6. The molecule has 2 amide bonds. The molecule has 6 nitrogen and oxygen atoms in total. The molecule has 0 radical (unpaired) electrons. The number of hydrogen-bond acceptors (Lipinski definition) is 5. The van der Waals surface area contributed by atoms with Gasteiger partial charge in [0.15, 0.2) is 0 Å². The van der Waals surface area contributed by atoms with Crippen molar-refractivity contribution in [2.45, 2.75) is 52.0 Å². The molecule has 2 fully saturated rings. The average Bonchev–Trinajstić information content (AvgIpc) is 2.87. The van der Waals surface area contributed by atoms with Crippen LogP contribution in [0.25, 0.3) is 5.57 Å². The van der Waals surface area contributed by atoms with Gasteiger partial charge in [0.2, 0.25) is 11.8 Å². The molecule has 148 valence electrons. The number of likely N-dealkylation sites (tertiary alicyclic amines) is 1. The van der Waals surface area contributed by atoms with Crippen molar-refractivity contribution < 1.29 is 19.1 Å². The highest BCUT2D eigenvalue weighted by Crippen LogP contribution is 2.38. The van der Waals surface area contributed by atoms with Gasteiger partial charge in [0, 0.05) is 11.3 Å². The molecule has 2 heterocycles. The first-order valence-electron chi connectivity index (χ1n) is 9.93. The van der Waals surface area contributed by atoms with E-state index in [9.17, 15) is 14.4 Å². The Morgan fingerprint density at radius 3 is 2.46 bits per heavy atom. The van der Waals surface area contributed by atoms with Crippen LogP contribution in [0.3, 0.4) is 0 Å². The van der Waals surface area contributed by atoms with Crippen molar-refractivity contribution in [2.24, 2.45) is 11.8 Å². The molecule has 4 rings (SSSR count). The van der Waals surface area contributed by atoms with Crippen molar-refractivity contribution in [3.05, 3.63) is 29.8 Å². The number of imide groups is 1. The quantitative estimate of drug-likeness (QED) is 0.493. The third-order valence-corrected chi connectivity index (χ3v) is 5.90. The van der Waals surface area contributed by atoms with E-state index in [-0.39, 0.29) is 35.7 Å². The van der Waals surface area contributed by atoms with E-state index in [1.54, 1.807) is 6.07 Å². The second-order valence-electron chi connectivity index (χ2n) is 8.62. The Labute approximate surface area is 164 Å². The summed E-state index contributed by atoms with van der Waals surface area (Å²) >= 11 is 0. The smallest absolute Gasteiger partial charge is 0.331 e. The van der Waals surface area contributed by atoms with Crippen LogP contribution in [0.2, 0.25) is 0 Å². The Balaban J connectivity index is 1.46. The van der Waals surface area contributed by atoms with E-state index in [1.807, 2.05) is 19.1 Å². The highest BCUT2D eigenvalue weighted by atomic mass is 16.5. The number of nitrogens with zero attached hydrogens (tertiary/aromatic N) is 1. The minimum absolute atomic E-state index is 0.136. The van der Waals surface area contributed by atoms with Crippen LogP contribution in [0.4, 0.5) is 5.69 Å². The third-order valence-electron chi connectivity index (χ3n) is 5.90. The fourth-order valence-electron chi connectivity index (χ4n) is 4.70. The van der Waals surface area contributed by atoms with Crippen molar-refractivity contribution in [2.75, 3.05) is 11.9 Å². The molecule has 0 unspecified atom stereocenters. The van der Waals surface area contributed by atoms with Crippen LogP contribution < -0.4 is 10.1 Å². The molecule has 1 aromatic rings. The summed E-state index contributed by atoms with van der Waals surface area (Å²) in [6.45, 7) is 5.89. The van der Waals surface area contributed by atoms with Gasteiger partial charge in [-0.1, -0.05) is 18.9 Å². The molecule has 1 aliphatic carbocycles. The van der Waals surface area contributed by atoms with Crippen LogP contribution in [0.1, 0.15) is 52.0 Å². The van der Waals surface area contributed by atoms with E-state index >= 15 is 0 Å². The number of fused-ring (bicyclic) bond motifs is 2. The van der Waals surface area contributed by atoms with Gasteiger partial charge in [0.05, 0.1) is 17.4 Å². The summed E-state index contributed by atoms with van der Waals surface area (Å²) in [4.78, 5) is 38.5. The van der Waals surface area contributed by atoms with Crippen LogP contribution in [0.5, 0.6) is 5.75 Å². The number of carbonyl (C=O) groups excluding carboxylic acids is 3. The second kappa shape index (κ2) is 6.76. The number of amides is 2. The number of carbonyl (C=O) groups is 3. The Hall–Kier alpha value is -2.63. The van der Waals surface area contributed by atoms with E-state index < -0.39 is 5.97 Å². The molecular weight excluding hydrogens is 356 g/mol. The van der Waals surface area contributed by atoms with Crippen LogP contribution in [-0.2, 0) is 14.4 Å². The molecule has 0 aromatic heterocycles. The molecule has 1 aromatic carbocycles. The SMILES string of the molecule is CC1=CC(C)(C)Nc2ccc(OC(=O)CN3C(=O)[C@H]4CCCC[C@@H]4C3=O)cc21. The number of anilines is 1. The van der Waals surface area contributed by atoms with Crippen molar-refractivity contribution in [3.63, 3.8) is 0 Å². The van der Waals surface area contributed by atoms with Gasteiger partial charge < -0.3 is 10.1 Å². The molecule has 6 heteroatoms. The molecule has 28 heavy (non-hydrogen) atoms. The van der Waals surface area contributed by atoms with Gasteiger partial charge in [-0.15, -0.1) is 0 Å². The largest absolute Gasteiger partial charge is 0.425 e. The second-order valence-corrected chi connectivity index (χ2v) is 8.62. The number of benzene rings is 1. The Bertz CT molecular complexity index is 863. The van der Waals surface area contributed by atoms with Gasteiger partial charge in [-0.25, -0.2) is 4.79 Å². The van der Waals surface area contributed by atoms with Crippen molar-refractivity contribution >= 4 is 29.0 Å². The lowest BCUT2D eigenvalue weighted by molar-refractivity contribution is -0.148. The number of rotatable bonds is 3. The van der Waals surface area contributed by atoms with Crippen LogP contribution in [0.15, 0.2) is 24.3 Å². The van der Waals surface area contributed by atoms with Crippen LogP contribution in [0, 0.1) is 11.8 Å². The number of hydrogen-bond donors (Lipinski definition) is 1. The summed E-state index contributed by atoms with van der Waals surface area (Å²) in [5, 5.41) is 3.43. The molecule has 0 bridgehead atoms. The van der Waals surface area contributed by atoms with Gasteiger partial charge in [-0.3, -0.25) is 14.5 Å². The maximum atomic E-state index is 12.5. The molecule has 3 aliphatic rings. The Kier molecular flexibility index (Phi) is 4.52. The number of nitrogens with one attached hydrogen (secondary N) is 1. The highest BCUT2D eigenvalue weighted by Gasteiger charge is 2.48. The first-order chi connectivity index (χ1) is 13.2. The molecular formula is C22H26N2O4. The van der Waals surface area contributed by atoms with Crippen LogP contribution in [-0.4, -0.2) is 34.8 Å². The highest BCUT2D eigenvalue weighted by molar-refractivity contribution is 6.07. The van der Waals surface area contributed by atoms with Crippen molar-refractivity contribution in [3.8, 4) is 5.75 Å². The maximum Gasteiger partial charge on any atom is 0.331 e. The van der Waals surface area contributed by atoms with Gasteiger partial charge in [0.1, 0.15) is 12.3 Å². The van der Waals surface area contributed by atoms with Crippen LogP contribution >= 0.6 is 0 Å². The summed E-state index contributed by atoms with van der Waals surface area (Å²) in [5.41, 5.74) is 2.93. The fraction of sp³-hybridized carbons (Fsp3) is 0.500. The van der Waals surface area contributed by atoms with Gasteiger partial charge >= 0.3 is 5.97 Å². The lowest BCUT2D eigenvalue weighted by atomic mass is 9.81. The third kappa shape index (κ3) is 3.32. The summed E-state index contributed by atoms with van der Waals surface area (Å²) < 4.78 is 5.45. The molecule has 1 saturated heterocycles. The predicted octanol–water partition coefficient (Wildman–Crippen LogP) is 3.37. The average molecular weight is 382 g/mol. The van der Waals surface area contributed by atoms with E-state index in [1.165, 1.54) is 0 Å². The first kappa shape index (κ1) is 18.7. The van der Waals surface area contributed by atoms with Gasteiger partial charge in [-0.05, 0) is 57.4 Å². The minimum Gasteiger partial charge on any atom is -0.425 e. The molecule has 1 saturated carbocycles. The summed E-state index contributed by atoms with van der Waals surface area (Å²) in [7, 11) is 0. The zero-order valence-corrected chi connectivity index (χ0v) is 16.6. The first-order valence-corrected chi connectivity index (χ1v) is 9.93. The minimum atomic E-state index is -0.592. The molecule has 2 atom stereocenters. The summed E-state index contributed by atoms with van der Waals surface area (Å²) in [6.07, 6.45) is 5.53. The predicted molar refractivity (Wildman–Crippen MR) is 106 cm³/mol.